The van der Waals surface area contributed by atoms with Crippen molar-refractivity contribution in [1.82, 2.24) is 10.3 Å². The molecule has 1 aromatic heterocycles. The first-order chi connectivity index (χ1) is 12.7. The van der Waals surface area contributed by atoms with Gasteiger partial charge in [-0.25, -0.2) is 9.98 Å². The van der Waals surface area contributed by atoms with Crippen molar-refractivity contribution in [2.45, 2.75) is 19.8 Å². The standard InChI is InChI=1S/C22H21N3O/c1-15-18(21-10-9-16-5-2-3-8-20(16)25-21)6-4-7-19(15)22(26)24-17-11-13-23-14-12-17/h2-10,23H,11-14H2,1H3. The van der Waals surface area contributed by atoms with E-state index in [0.717, 1.165) is 59.4 Å². The van der Waals surface area contributed by atoms with Crippen LogP contribution in [0.5, 0.6) is 0 Å². The number of fused-ring (bicyclic) bond motifs is 1. The summed E-state index contributed by atoms with van der Waals surface area (Å²) >= 11 is 0. The summed E-state index contributed by atoms with van der Waals surface area (Å²) in [5.74, 6) is -0.151. The van der Waals surface area contributed by atoms with Gasteiger partial charge in [-0.2, -0.15) is 0 Å². The third kappa shape index (κ3) is 3.28. The summed E-state index contributed by atoms with van der Waals surface area (Å²) in [4.78, 5) is 21.8. The van der Waals surface area contributed by atoms with E-state index in [1.807, 2.05) is 55.5 Å². The average Bonchev–Trinajstić information content (AvgIpc) is 2.68. The molecule has 4 nitrogen and oxygen atoms in total. The molecule has 1 aliphatic rings. The van der Waals surface area contributed by atoms with Crippen LogP contribution in [0, 0.1) is 6.92 Å². The van der Waals surface area contributed by atoms with Gasteiger partial charge >= 0.3 is 0 Å². The second-order valence-electron chi connectivity index (χ2n) is 6.60. The zero-order valence-corrected chi connectivity index (χ0v) is 14.8. The lowest BCUT2D eigenvalue weighted by Crippen LogP contribution is -2.28. The first kappa shape index (κ1) is 16.6. The second kappa shape index (κ2) is 7.18. The normalized spacial score (nSPS) is 14.4. The molecule has 0 bridgehead atoms. The second-order valence-corrected chi connectivity index (χ2v) is 6.60. The van der Waals surface area contributed by atoms with Gasteiger partial charge in [-0.1, -0.05) is 36.4 Å². The summed E-state index contributed by atoms with van der Waals surface area (Å²) in [7, 11) is 0. The van der Waals surface area contributed by atoms with Gasteiger partial charge in [0, 0.05) is 35.3 Å². The molecule has 0 spiro atoms. The Labute approximate surface area is 153 Å². The van der Waals surface area contributed by atoms with Gasteiger partial charge in [0.1, 0.15) is 0 Å². The van der Waals surface area contributed by atoms with E-state index in [9.17, 15) is 4.79 Å². The molecule has 2 heterocycles. The highest BCUT2D eigenvalue weighted by atomic mass is 16.1. The van der Waals surface area contributed by atoms with E-state index in [2.05, 4.69) is 16.4 Å². The molecule has 1 aliphatic heterocycles. The van der Waals surface area contributed by atoms with Crippen LogP contribution < -0.4 is 5.32 Å². The predicted molar refractivity (Wildman–Crippen MR) is 106 cm³/mol. The number of piperidine rings is 1. The minimum atomic E-state index is -0.151. The fourth-order valence-electron chi connectivity index (χ4n) is 3.39. The molecule has 2 aromatic carbocycles. The zero-order valence-electron chi connectivity index (χ0n) is 14.8. The van der Waals surface area contributed by atoms with Crippen LogP contribution >= 0.6 is 0 Å². The summed E-state index contributed by atoms with van der Waals surface area (Å²) in [6.07, 6.45) is 1.69. The van der Waals surface area contributed by atoms with Crippen LogP contribution in [0.2, 0.25) is 0 Å². The lowest BCUT2D eigenvalue weighted by Gasteiger charge is -2.14. The SMILES string of the molecule is Cc1c(C(=O)N=C2CCNCC2)cccc1-c1ccc2ccccc2n1. The van der Waals surface area contributed by atoms with Crippen LogP contribution in [0.1, 0.15) is 28.8 Å². The van der Waals surface area contributed by atoms with Crippen LogP contribution in [0.3, 0.4) is 0 Å². The van der Waals surface area contributed by atoms with Crippen molar-refractivity contribution >= 4 is 22.5 Å². The van der Waals surface area contributed by atoms with E-state index < -0.39 is 0 Å². The molecule has 26 heavy (non-hydrogen) atoms. The van der Waals surface area contributed by atoms with Crippen molar-refractivity contribution < 1.29 is 4.79 Å². The molecule has 1 saturated heterocycles. The minimum absolute atomic E-state index is 0.151. The first-order valence-corrected chi connectivity index (χ1v) is 8.99. The number of nitrogens with one attached hydrogen (secondary N) is 1. The van der Waals surface area contributed by atoms with Crippen molar-refractivity contribution in [3.63, 3.8) is 0 Å². The Kier molecular flexibility index (Phi) is 4.59. The fraction of sp³-hybridized carbons (Fsp3) is 0.227. The predicted octanol–water partition coefficient (Wildman–Crippen LogP) is 4.17. The highest BCUT2D eigenvalue weighted by Crippen LogP contribution is 2.26. The van der Waals surface area contributed by atoms with Crippen LogP contribution in [0.25, 0.3) is 22.2 Å². The van der Waals surface area contributed by atoms with E-state index in [4.69, 9.17) is 4.98 Å². The molecule has 1 N–H and O–H groups in total. The Morgan fingerprint density at radius 2 is 1.81 bits per heavy atom. The fourth-order valence-corrected chi connectivity index (χ4v) is 3.39. The number of hydrogen-bond acceptors (Lipinski definition) is 3. The number of aliphatic imine (C=N–C) groups is 1. The topological polar surface area (TPSA) is 54.4 Å². The van der Waals surface area contributed by atoms with Gasteiger partial charge in [-0.3, -0.25) is 4.79 Å². The molecule has 0 atom stereocenters. The lowest BCUT2D eigenvalue weighted by atomic mass is 9.98. The Balaban J connectivity index is 1.71. The van der Waals surface area contributed by atoms with E-state index in [1.165, 1.54) is 0 Å². The molecule has 4 heteroatoms. The highest BCUT2D eigenvalue weighted by molar-refractivity contribution is 6.05. The van der Waals surface area contributed by atoms with E-state index in [1.54, 1.807) is 0 Å². The van der Waals surface area contributed by atoms with E-state index in [-0.39, 0.29) is 5.91 Å². The molecule has 130 valence electrons. The molecular weight excluding hydrogens is 322 g/mol. The average molecular weight is 343 g/mol. The van der Waals surface area contributed by atoms with Gasteiger partial charge < -0.3 is 5.32 Å². The summed E-state index contributed by atoms with van der Waals surface area (Å²) in [5, 5.41) is 4.39. The zero-order chi connectivity index (χ0) is 17.9. The van der Waals surface area contributed by atoms with Gasteiger partial charge in [0.2, 0.25) is 0 Å². The van der Waals surface area contributed by atoms with Gasteiger partial charge in [-0.15, -0.1) is 0 Å². The quantitative estimate of drug-likeness (QED) is 0.759. The number of carbonyl (C=O) groups is 1. The monoisotopic (exact) mass is 343 g/mol. The third-order valence-electron chi connectivity index (χ3n) is 4.88. The van der Waals surface area contributed by atoms with Gasteiger partial charge in [0.15, 0.2) is 0 Å². The summed E-state index contributed by atoms with van der Waals surface area (Å²) in [6.45, 7) is 3.76. The summed E-state index contributed by atoms with van der Waals surface area (Å²) in [5.41, 5.74) is 5.39. The lowest BCUT2D eigenvalue weighted by molar-refractivity contribution is 0.100. The number of benzene rings is 2. The van der Waals surface area contributed by atoms with Crippen LogP contribution in [-0.2, 0) is 0 Å². The number of nitrogens with zero attached hydrogens (tertiary/aromatic N) is 2. The number of para-hydroxylation sites is 1. The maximum Gasteiger partial charge on any atom is 0.277 e. The number of hydrogen-bond donors (Lipinski definition) is 1. The van der Waals surface area contributed by atoms with Crippen molar-refractivity contribution in [3.05, 3.63) is 65.7 Å². The maximum absolute atomic E-state index is 12.7. The van der Waals surface area contributed by atoms with Crippen molar-refractivity contribution in [1.29, 1.82) is 0 Å². The minimum Gasteiger partial charge on any atom is -0.316 e. The summed E-state index contributed by atoms with van der Waals surface area (Å²) < 4.78 is 0. The molecule has 1 amide bonds. The first-order valence-electron chi connectivity index (χ1n) is 8.99. The summed E-state index contributed by atoms with van der Waals surface area (Å²) in [6, 6.07) is 17.9. The Morgan fingerprint density at radius 3 is 2.65 bits per heavy atom. The highest BCUT2D eigenvalue weighted by Gasteiger charge is 2.15. The van der Waals surface area contributed by atoms with Crippen LogP contribution in [0.15, 0.2) is 59.6 Å². The van der Waals surface area contributed by atoms with Gasteiger partial charge in [0.25, 0.3) is 5.91 Å². The number of amides is 1. The van der Waals surface area contributed by atoms with Crippen molar-refractivity contribution in [2.75, 3.05) is 13.1 Å². The molecule has 0 saturated carbocycles. The molecule has 0 aliphatic carbocycles. The number of pyridine rings is 1. The molecular formula is C22H21N3O. The largest absolute Gasteiger partial charge is 0.316 e. The Bertz CT molecular complexity index is 999. The van der Waals surface area contributed by atoms with Gasteiger partial charge in [-0.05, 0) is 43.5 Å². The Hall–Kier alpha value is -2.85. The number of rotatable bonds is 2. The van der Waals surface area contributed by atoms with Crippen LogP contribution in [-0.4, -0.2) is 29.7 Å². The van der Waals surface area contributed by atoms with E-state index >= 15 is 0 Å². The maximum atomic E-state index is 12.7. The van der Waals surface area contributed by atoms with Crippen molar-refractivity contribution in [3.8, 4) is 11.3 Å². The van der Waals surface area contributed by atoms with Gasteiger partial charge in [0.05, 0.1) is 11.2 Å². The molecule has 0 unspecified atom stereocenters. The number of aromatic nitrogens is 1. The molecule has 3 aromatic rings. The number of carbonyl (C=O) groups excluding carboxylic acids is 1. The molecule has 1 fully saturated rings. The van der Waals surface area contributed by atoms with E-state index in [0.29, 0.717) is 5.56 Å². The molecule has 0 radical (unpaired) electrons. The third-order valence-corrected chi connectivity index (χ3v) is 4.88. The Morgan fingerprint density at radius 1 is 1.00 bits per heavy atom. The van der Waals surface area contributed by atoms with Crippen LogP contribution in [0.4, 0.5) is 0 Å². The molecule has 4 rings (SSSR count). The van der Waals surface area contributed by atoms with Crippen molar-refractivity contribution in [2.24, 2.45) is 4.99 Å². The smallest absolute Gasteiger partial charge is 0.277 e.